The maximum atomic E-state index is 11.8. The molecule has 0 spiro atoms. The molecule has 0 heterocycles. The number of rotatable bonds is 4. The lowest BCUT2D eigenvalue weighted by Crippen LogP contribution is -2.20. The van der Waals surface area contributed by atoms with Crippen LogP contribution in [0.15, 0.2) is 46.9 Å². The summed E-state index contributed by atoms with van der Waals surface area (Å²) in [6.45, 7) is 1.75. The minimum Gasteiger partial charge on any atom is -0.504 e. The van der Waals surface area contributed by atoms with Gasteiger partial charge in [-0.3, -0.25) is 4.79 Å². The van der Waals surface area contributed by atoms with Crippen LogP contribution in [0.4, 0.5) is 5.69 Å². The zero-order chi connectivity index (χ0) is 14.5. The van der Waals surface area contributed by atoms with Gasteiger partial charge in [-0.1, -0.05) is 28.1 Å². The number of hydrogen-bond donors (Lipinski definition) is 2. The van der Waals surface area contributed by atoms with Crippen molar-refractivity contribution in [1.29, 1.82) is 0 Å². The average Bonchev–Trinajstić information content (AvgIpc) is 2.41. The molecule has 0 fully saturated rings. The highest BCUT2D eigenvalue weighted by Gasteiger charge is 2.07. The maximum absolute atomic E-state index is 11.8. The van der Waals surface area contributed by atoms with Crippen LogP contribution in [0.1, 0.15) is 5.56 Å². The van der Waals surface area contributed by atoms with Crippen LogP contribution < -0.4 is 10.1 Å². The number of para-hydroxylation sites is 2. The van der Waals surface area contributed by atoms with Gasteiger partial charge in [-0.05, 0) is 42.8 Å². The Morgan fingerprint density at radius 2 is 2.05 bits per heavy atom. The molecule has 2 aromatic carbocycles. The number of anilines is 1. The smallest absolute Gasteiger partial charge is 0.262 e. The summed E-state index contributed by atoms with van der Waals surface area (Å²) < 4.78 is 6.22. The van der Waals surface area contributed by atoms with E-state index in [1.54, 1.807) is 18.2 Å². The van der Waals surface area contributed by atoms with E-state index in [4.69, 9.17) is 4.74 Å². The van der Waals surface area contributed by atoms with Crippen LogP contribution in [0.25, 0.3) is 0 Å². The zero-order valence-electron chi connectivity index (χ0n) is 10.9. The van der Waals surface area contributed by atoms with Crippen LogP contribution in [-0.4, -0.2) is 17.6 Å². The Hall–Kier alpha value is -2.01. The van der Waals surface area contributed by atoms with E-state index in [0.29, 0.717) is 0 Å². The Morgan fingerprint density at radius 3 is 2.75 bits per heavy atom. The van der Waals surface area contributed by atoms with Crippen molar-refractivity contribution in [3.63, 3.8) is 0 Å². The SMILES string of the molecule is Cc1cc(Br)ccc1NC(=O)COc1ccccc1O. The molecule has 5 heteroatoms. The van der Waals surface area contributed by atoms with Crippen LogP contribution >= 0.6 is 15.9 Å². The van der Waals surface area contributed by atoms with Crippen LogP contribution in [-0.2, 0) is 4.79 Å². The van der Waals surface area contributed by atoms with Gasteiger partial charge in [0.1, 0.15) is 0 Å². The van der Waals surface area contributed by atoms with Crippen LogP contribution in [0, 0.1) is 6.92 Å². The van der Waals surface area contributed by atoms with Crippen molar-refractivity contribution in [2.75, 3.05) is 11.9 Å². The quantitative estimate of drug-likeness (QED) is 0.899. The van der Waals surface area contributed by atoms with Crippen molar-refractivity contribution < 1.29 is 14.6 Å². The first-order chi connectivity index (χ1) is 9.56. The lowest BCUT2D eigenvalue weighted by atomic mass is 10.2. The van der Waals surface area contributed by atoms with Gasteiger partial charge < -0.3 is 15.2 Å². The number of nitrogens with one attached hydrogen (secondary N) is 1. The third-order valence-electron chi connectivity index (χ3n) is 2.69. The Morgan fingerprint density at radius 1 is 1.30 bits per heavy atom. The average molecular weight is 336 g/mol. The fourth-order valence-electron chi connectivity index (χ4n) is 1.68. The number of amides is 1. The molecule has 20 heavy (non-hydrogen) atoms. The number of phenols is 1. The third kappa shape index (κ3) is 3.74. The summed E-state index contributed by atoms with van der Waals surface area (Å²) in [4.78, 5) is 11.8. The molecular formula is C15H14BrNO3. The Balaban J connectivity index is 1.94. The van der Waals surface area contributed by atoms with Crippen LogP contribution in [0.2, 0.25) is 0 Å². The lowest BCUT2D eigenvalue weighted by Gasteiger charge is -2.10. The van der Waals surface area contributed by atoms with E-state index in [1.165, 1.54) is 6.07 Å². The Labute approximate surface area is 125 Å². The van der Waals surface area contributed by atoms with Gasteiger partial charge in [0.15, 0.2) is 18.1 Å². The number of halogens is 1. The number of carbonyl (C=O) groups excluding carboxylic acids is 1. The summed E-state index contributed by atoms with van der Waals surface area (Å²) in [6.07, 6.45) is 0. The van der Waals surface area contributed by atoms with Gasteiger partial charge in [0.2, 0.25) is 0 Å². The van der Waals surface area contributed by atoms with E-state index in [-0.39, 0.29) is 24.0 Å². The molecule has 2 aromatic rings. The number of hydrogen-bond acceptors (Lipinski definition) is 3. The molecule has 1 amide bonds. The summed E-state index contributed by atoms with van der Waals surface area (Å²) in [6, 6.07) is 12.1. The predicted octanol–water partition coefficient (Wildman–Crippen LogP) is 3.48. The number of aromatic hydroxyl groups is 1. The van der Waals surface area contributed by atoms with E-state index >= 15 is 0 Å². The summed E-state index contributed by atoms with van der Waals surface area (Å²) in [5.74, 6) is 0.0222. The van der Waals surface area contributed by atoms with E-state index in [2.05, 4.69) is 21.2 Å². The molecule has 0 unspecified atom stereocenters. The molecule has 2 N–H and O–H groups in total. The predicted molar refractivity (Wildman–Crippen MR) is 81.1 cm³/mol. The second-order valence-electron chi connectivity index (χ2n) is 4.26. The molecule has 0 aliphatic rings. The van der Waals surface area contributed by atoms with Crippen molar-refractivity contribution >= 4 is 27.5 Å². The highest BCUT2D eigenvalue weighted by molar-refractivity contribution is 9.10. The second-order valence-corrected chi connectivity index (χ2v) is 5.18. The fourth-order valence-corrected chi connectivity index (χ4v) is 2.15. The van der Waals surface area contributed by atoms with Gasteiger partial charge in [-0.2, -0.15) is 0 Å². The topological polar surface area (TPSA) is 58.6 Å². The standard InChI is InChI=1S/C15H14BrNO3/c1-10-8-11(16)6-7-12(10)17-15(19)9-20-14-5-3-2-4-13(14)18/h2-8,18H,9H2,1H3,(H,17,19). The molecule has 0 saturated carbocycles. The molecular weight excluding hydrogens is 322 g/mol. The molecule has 0 bridgehead atoms. The molecule has 2 rings (SSSR count). The number of carbonyl (C=O) groups is 1. The largest absolute Gasteiger partial charge is 0.504 e. The molecule has 4 nitrogen and oxygen atoms in total. The van der Waals surface area contributed by atoms with Gasteiger partial charge in [-0.15, -0.1) is 0 Å². The number of benzene rings is 2. The molecule has 0 aromatic heterocycles. The number of phenolic OH excluding ortho intramolecular Hbond substituents is 1. The molecule has 0 atom stereocenters. The molecule has 104 valence electrons. The fraction of sp³-hybridized carbons (Fsp3) is 0.133. The van der Waals surface area contributed by atoms with Crippen molar-refractivity contribution in [3.05, 3.63) is 52.5 Å². The lowest BCUT2D eigenvalue weighted by molar-refractivity contribution is -0.118. The minimum absolute atomic E-state index is 0.0140. The van der Waals surface area contributed by atoms with Crippen molar-refractivity contribution in [1.82, 2.24) is 0 Å². The van der Waals surface area contributed by atoms with Gasteiger partial charge in [0.05, 0.1) is 0 Å². The first kappa shape index (κ1) is 14.4. The number of ether oxygens (including phenoxy) is 1. The van der Waals surface area contributed by atoms with Gasteiger partial charge in [-0.25, -0.2) is 0 Å². The van der Waals surface area contributed by atoms with Crippen LogP contribution in [0.5, 0.6) is 11.5 Å². The number of aryl methyl sites for hydroxylation is 1. The van der Waals surface area contributed by atoms with Crippen molar-refractivity contribution in [3.8, 4) is 11.5 Å². The first-order valence-electron chi connectivity index (χ1n) is 6.03. The first-order valence-corrected chi connectivity index (χ1v) is 6.82. The summed E-state index contributed by atoms with van der Waals surface area (Å²) in [5.41, 5.74) is 1.69. The van der Waals surface area contributed by atoms with Gasteiger partial charge in [0, 0.05) is 10.2 Å². The Bertz CT molecular complexity index is 628. The summed E-state index contributed by atoms with van der Waals surface area (Å²) >= 11 is 3.37. The van der Waals surface area contributed by atoms with E-state index < -0.39 is 0 Å². The summed E-state index contributed by atoms with van der Waals surface area (Å²) in [5, 5.41) is 12.3. The third-order valence-corrected chi connectivity index (χ3v) is 3.18. The highest BCUT2D eigenvalue weighted by atomic mass is 79.9. The second kappa shape index (κ2) is 6.43. The monoisotopic (exact) mass is 335 g/mol. The van der Waals surface area contributed by atoms with Crippen molar-refractivity contribution in [2.24, 2.45) is 0 Å². The molecule has 0 radical (unpaired) electrons. The summed E-state index contributed by atoms with van der Waals surface area (Å²) in [7, 11) is 0. The van der Waals surface area contributed by atoms with Gasteiger partial charge >= 0.3 is 0 Å². The molecule has 0 aliphatic carbocycles. The maximum Gasteiger partial charge on any atom is 0.262 e. The molecule has 0 saturated heterocycles. The Kier molecular flexibility index (Phi) is 4.63. The van der Waals surface area contributed by atoms with E-state index in [1.807, 2.05) is 25.1 Å². The minimum atomic E-state index is -0.279. The zero-order valence-corrected chi connectivity index (χ0v) is 12.5. The molecule has 0 aliphatic heterocycles. The van der Waals surface area contributed by atoms with E-state index in [0.717, 1.165) is 15.7 Å². The van der Waals surface area contributed by atoms with Gasteiger partial charge in [0.25, 0.3) is 5.91 Å². The van der Waals surface area contributed by atoms with E-state index in [9.17, 15) is 9.90 Å². The highest BCUT2D eigenvalue weighted by Crippen LogP contribution is 2.24. The normalized spacial score (nSPS) is 10.1. The van der Waals surface area contributed by atoms with Crippen molar-refractivity contribution in [2.45, 2.75) is 6.92 Å². The van der Waals surface area contributed by atoms with Crippen LogP contribution in [0.3, 0.4) is 0 Å².